The molecule has 1 aliphatic heterocycles. The number of amides is 1. The number of carbonyl (C=O) groups excluding carboxylic acids is 1. The van der Waals surface area contributed by atoms with Gasteiger partial charge >= 0.3 is 0 Å². The van der Waals surface area contributed by atoms with Gasteiger partial charge in [0.25, 0.3) is 0 Å². The molecule has 0 atom stereocenters. The SMILES string of the molecule is Nc1ccc(N2CCCC2=O)c(Br)c1. The highest BCUT2D eigenvalue weighted by Crippen LogP contribution is 2.30. The van der Waals surface area contributed by atoms with Gasteiger partial charge in [0, 0.05) is 23.1 Å². The van der Waals surface area contributed by atoms with Crippen LogP contribution in [0.3, 0.4) is 0 Å². The first-order valence-corrected chi connectivity index (χ1v) is 5.33. The van der Waals surface area contributed by atoms with E-state index >= 15 is 0 Å². The van der Waals surface area contributed by atoms with Gasteiger partial charge in [-0.3, -0.25) is 4.79 Å². The Morgan fingerprint density at radius 2 is 2.21 bits per heavy atom. The second kappa shape index (κ2) is 3.61. The highest BCUT2D eigenvalue weighted by atomic mass is 79.9. The Labute approximate surface area is 91.0 Å². The average Bonchev–Trinajstić information content (AvgIpc) is 2.52. The third-order valence-corrected chi connectivity index (χ3v) is 2.97. The number of benzene rings is 1. The quantitative estimate of drug-likeness (QED) is 0.781. The zero-order chi connectivity index (χ0) is 10.1. The van der Waals surface area contributed by atoms with Crippen molar-refractivity contribution >= 4 is 33.2 Å². The molecule has 0 bridgehead atoms. The molecule has 2 rings (SSSR count). The van der Waals surface area contributed by atoms with E-state index in [0.717, 1.165) is 23.1 Å². The molecule has 1 amide bonds. The lowest BCUT2D eigenvalue weighted by Gasteiger charge is -2.17. The van der Waals surface area contributed by atoms with E-state index in [-0.39, 0.29) is 5.91 Å². The highest BCUT2D eigenvalue weighted by molar-refractivity contribution is 9.10. The Kier molecular flexibility index (Phi) is 2.46. The fourth-order valence-corrected chi connectivity index (χ4v) is 2.26. The third kappa shape index (κ3) is 1.62. The molecule has 1 heterocycles. The summed E-state index contributed by atoms with van der Waals surface area (Å²) in [6.45, 7) is 0.807. The molecule has 1 saturated heterocycles. The predicted molar refractivity (Wildman–Crippen MR) is 60.1 cm³/mol. The predicted octanol–water partition coefficient (Wildman–Crippen LogP) is 2.16. The van der Waals surface area contributed by atoms with E-state index in [1.165, 1.54) is 0 Å². The number of carbonyl (C=O) groups is 1. The van der Waals surface area contributed by atoms with Crippen LogP contribution in [0.5, 0.6) is 0 Å². The molecule has 1 aromatic carbocycles. The van der Waals surface area contributed by atoms with Gasteiger partial charge < -0.3 is 10.6 Å². The standard InChI is InChI=1S/C10H11BrN2O/c11-8-6-7(12)3-4-9(8)13-5-1-2-10(13)14/h3-4,6H,1-2,5,12H2. The molecule has 3 nitrogen and oxygen atoms in total. The van der Waals surface area contributed by atoms with Gasteiger partial charge in [-0.25, -0.2) is 0 Å². The number of halogens is 1. The van der Waals surface area contributed by atoms with Crippen molar-refractivity contribution in [1.82, 2.24) is 0 Å². The van der Waals surface area contributed by atoms with E-state index < -0.39 is 0 Å². The second-order valence-electron chi connectivity index (χ2n) is 3.36. The van der Waals surface area contributed by atoms with Crippen molar-refractivity contribution < 1.29 is 4.79 Å². The fraction of sp³-hybridized carbons (Fsp3) is 0.300. The van der Waals surface area contributed by atoms with Crippen LogP contribution in [0.2, 0.25) is 0 Å². The Hall–Kier alpha value is -1.03. The van der Waals surface area contributed by atoms with Gasteiger partial charge in [-0.05, 0) is 40.5 Å². The molecule has 4 heteroatoms. The lowest BCUT2D eigenvalue weighted by Crippen LogP contribution is -2.23. The van der Waals surface area contributed by atoms with Gasteiger partial charge in [-0.2, -0.15) is 0 Å². The summed E-state index contributed by atoms with van der Waals surface area (Å²) in [5.41, 5.74) is 7.25. The molecule has 1 aliphatic rings. The molecule has 0 unspecified atom stereocenters. The van der Waals surface area contributed by atoms with Crippen LogP contribution < -0.4 is 10.6 Å². The number of nitrogens with two attached hydrogens (primary N) is 1. The van der Waals surface area contributed by atoms with Crippen LogP contribution in [0.15, 0.2) is 22.7 Å². The van der Waals surface area contributed by atoms with Crippen molar-refractivity contribution in [2.75, 3.05) is 17.2 Å². The Bertz CT molecular complexity index is 378. The smallest absolute Gasteiger partial charge is 0.227 e. The van der Waals surface area contributed by atoms with Gasteiger partial charge in [0.1, 0.15) is 0 Å². The van der Waals surface area contributed by atoms with Crippen molar-refractivity contribution in [1.29, 1.82) is 0 Å². The fourth-order valence-electron chi connectivity index (χ4n) is 1.64. The van der Waals surface area contributed by atoms with Crippen molar-refractivity contribution in [3.8, 4) is 0 Å². The zero-order valence-corrected chi connectivity index (χ0v) is 9.25. The highest BCUT2D eigenvalue weighted by Gasteiger charge is 2.23. The molecular formula is C10H11BrN2O. The summed E-state index contributed by atoms with van der Waals surface area (Å²) >= 11 is 3.41. The van der Waals surface area contributed by atoms with E-state index in [4.69, 9.17) is 5.73 Å². The Balaban J connectivity index is 2.36. The van der Waals surface area contributed by atoms with Gasteiger partial charge in [0.05, 0.1) is 5.69 Å². The summed E-state index contributed by atoms with van der Waals surface area (Å²) < 4.78 is 0.882. The average molecular weight is 255 g/mol. The minimum atomic E-state index is 0.190. The number of nitrogen functional groups attached to an aromatic ring is 1. The van der Waals surface area contributed by atoms with Crippen LogP contribution in [0, 0.1) is 0 Å². The number of hydrogen-bond donors (Lipinski definition) is 1. The summed E-state index contributed by atoms with van der Waals surface area (Å²) in [7, 11) is 0. The molecule has 74 valence electrons. The van der Waals surface area contributed by atoms with E-state index in [2.05, 4.69) is 15.9 Å². The minimum Gasteiger partial charge on any atom is -0.399 e. The number of nitrogens with zero attached hydrogens (tertiary/aromatic N) is 1. The monoisotopic (exact) mass is 254 g/mol. The van der Waals surface area contributed by atoms with Crippen LogP contribution in [0.1, 0.15) is 12.8 Å². The Morgan fingerprint density at radius 3 is 2.79 bits per heavy atom. The summed E-state index contributed by atoms with van der Waals surface area (Å²) in [4.78, 5) is 13.3. The van der Waals surface area contributed by atoms with E-state index in [1.54, 1.807) is 4.90 Å². The van der Waals surface area contributed by atoms with Crippen molar-refractivity contribution in [2.45, 2.75) is 12.8 Å². The Morgan fingerprint density at radius 1 is 1.43 bits per heavy atom. The largest absolute Gasteiger partial charge is 0.399 e. The van der Waals surface area contributed by atoms with Gasteiger partial charge in [-0.1, -0.05) is 0 Å². The molecule has 1 fully saturated rings. The van der Waals surface area contributed by atoms with E-state index in [9.17, 15) is 4.79 Å². The maximum atomic E-state index is 11.5. The lowest BCUT2D eigenvalue weighted by atomic mass is 10.2. The maximum absolute atomic E-state index is 11.5. The number of rotatable bonds is 1. The third-order valence-electron chi connectivity index (χ3n) is 2.34. The molecule has 0 saturated carbocycles. The molecule has 0 radical (unpaired) electrons. The van der Waals surface area contributed by atoms with E-state index in [1.807, 2.05) is 18.2 Å². The van der Waals surface area contributed by atoms with Crippen molar-refractivity contribution in [3.63, 3.8) is 0 Å². The van der Waals surface area contributed by atoms with Crippen LogP contribution >= 0.6 is 15.9 Å². The molecule has 14 heavy (non-hydrogen) atoms. The first kappa shape index (κ1) is 9.52. The summed E-state index contributed by atoms with van der Waals surface area (Å²) in [6, 6.07) is 5.51. The maximum Gasteiger partial charge on any atom is 0.227 e. The summed E-state index contributed by atoms with van der Waals surface area (Å²) in [6.07, 6.45) is 1.59. The van der Waals surface area contributed by atoms with Crippen LogP contribution in [-0.2, 0) is 4.79 Å². The second-order valence-corrected chi connectivity index (χ2v) is 4.21. The van der Waals surface area contributed by atoms with Crippen LogP contribution in [0.4, 0.5) is 11.4 Å². The lowest BCUT2D eigenvalue weighted by molar-refractivity contribution is -0.117. The first-order chi connectivity index (χ1) is 6.68. The van der Waals surface area contributed by atoms with E-state index in [0.29, 0.717) is 12.1 Å². The molecule has 0 aliphatic carbocycles. The van der Waals surface area contributed by atoms with Crippen LogP contribution in [-0.4, -0.2) is 12.5 Å². The number of hydrogen-bond acceptors (Lipinski definition) is 2. The molecule has 2 N–H and O–H groups in total. The minimum absolute atomic E-state index is 0.190. The van der Waals surface area contributed by atoms with Gasteiger partial charge in [-0.15, -0.1) is 0 Å². The molecule has 1 aromatic rings. The topological polar surface area (TPSA) is 46.3 Å². The van der Waals surface area contributed by atoms with Crippen LogP contribution in [0.25, 0.3) is 0 Å². The van der Waals surface area contributed by atoms with Crippen molar-refractivity contribution in [3.05, 3.63) is 22.7 Å². The molecular weight excluding hydrogens is 244 g/mol. The first-order valence-electron chi connectivity index (χ1n) is 4.54. The van der Waals surface area contributed by atoms with Gasteiger partial charge in [0.15, 0.2) is 0 Å². The summed E-state index contributed by atoms with van der Waals surface area (Å²) in [5.74, 6) is 0.190. The normalized spacial score (nSPS) is 16.4. The summed E-state index contributed by atoms with van der Waals surface area (Å²) in [5, 5.41) is 0. The van der Waals surface area contributed by atoms with Gasteiger partial charge in [0.2, 0.25) is 5.91 Å². The van der Waals surface area contributed by atoms with Crippen molar-refractivity contribution in [2.24, 2.45) is 0 Å². The molecule has 0 aromatic heterocycles. The number of anilines is 2. The molecule has 0 spiro atoms. The zero-order valence-electron chi connectivity index (χ0n) is 7.66.